The number of aryl methyl sites for hydroxylation is 16. The Balaban J connectivity index is 0.000000132. The van der Waals surface area contributed by atoms with E-state index >= 15 is 0 Å². The Morgan fingerprint density at radius 2 is 0.404 bits per heavy atom. The molecule has 4 aromatic heterocycles. The minimum absolute atomic E-state index is 0.0641. The van der Waals surface area contributed by atoms with Crippen molar-refractivity contribution in [1.29, 1.82) is 0 Å². The first kappa shape index (κ1) is 78.1. The molecule has 8 aliphatic heterocycles. The van der Waals surface area contributed by atoms with E-state index in [0.717, 1.165) is 68.2 Å². The van der Waals surface area contributed by atoms with E-state index in [9.17, 15) is 0 Å². The lowest BCUT2D eigenvalue weighted by Gasteiger charge is -2.37. The zero-order valence-corrected chi connectivity index (χ0v) is 79.1. The second-order valence-electron chi connectivity index (χ2n) is 41.3. The molecule has 8 nitrogen and oxygen atoms in total. The van der Waals surface area contributed by atoms with E-state index in [1.54, 1.807) is 0 Å². The van der Waals surface area contributed by atoms with Crippen LogP contribution in [0.2, 0.25) is 0 Å². The molecule has 12 heteroatoms. The summed E-state index contributed by atoms with van der Waals surface area (Å²) in [6.45, 7) is 35.2. The van der Waals surface area contributed by atoms with Crippen LogP contribution in [0, 0.1) is 111 Å². The summed E-state index contributed by atoms with van der Waals surface area (Å²) in [5.41, 5.74) is 59.2. The molecule has 0 amide bonds. The fourth-order valence-electron chi connectivity index (χ4n) is 26.2. The summed E-state index contributed by atoms with van der Waals surface area (Å²) >= 11 is 0. The van der Waals surface area contributed by atoms with E-state index in [1.165, 1.54) is 287 Å². The molecule has 0 N–H and O–H groups in total. The molecule has 0 radical (unpaired) electrons. The molecule has 644 valence electrons. The van der Waals surface area contributed by atoms with Crippen LogP contribution in [0.1, 0.15) is 89.0 Å². The normalized spacial score (nSPS) is 13.5. The zero-order chi connectivity index (χ0) is 91.5. The topological polar surface area (TPSA) is 56.6 Å². The molecule has 0 spiro atoms. The van der Waals surface area contributed by atoms with Crippen LogP contribution in [-0.4, -0.2) is 45.1 Å². The van der Waals surface area contributed by atoms with Gasteiger partial charge >= 0.3 is 0 Å². The molecule has 8 aliphatic rings. The lowest BCUT2D eigenvalue weighted by atomic mass is 9.31. The third-order valence-electron chi connectivity index (χ3n) is 31.8. The third-order valence-corrected chi connectivity index (χ3v) is 31.8. The largest absolute Gasteiger partial charge is 0.458 e. The summed E-state index contributed by atoms with van der Waals surface area (Å²) in [7, 11) is 0. The number of nitrogens with zero attached hydrogens (tertiary/aromatic N) is 4. The molecule has 0 fully saturated rings. The van der Waals surface area contributed by atoms with Crippen LogP contribution in [0.5, 0.6) is 46.0 Å². The summed E-state index contributed by atoms with van der Waals surface area (Å²) in [5.74, 6) is 7.01. The van der Waals surface area contributed by atoms with Gasteiger partial charge in [0, 0.05) is 100 Å². The Kier molecular flexibility index (Phi) is 15.6. The number of hydrogen-bond donors (Lipinski definition) is 0. The Morgan fingerprint density at radius 1 is 0.169 bits per heavy atom. The highest BCUT2D eigenvalue weighted by Crippen LogP contribution is 2.50. The van der Waals surface area contributed by atoms with Crippen molar-refractivity contribution in [1.82, 2.24) is 18.3 Å². The average Bonchev–Trinajstić information content (AvgIpc) is 0.718. The molecule has 0 saturated heterocycles. The van der Waals surface area contributed by atoms with Gasteiger partial charge < -0.3 is 37.2 Å². The molecule has 18 aromatic carbocycles. The van der Waals surface area contributed by atoms with Crippen LogP contribution >= 0.6 is 0 Å². The van der Waals surface area contributed by atoms with Gasteiger partial charge in [0.25, 0.3) is 26.9 Å². The van der Waals surface area contributed by atoms with E-state index < -0.39 is 0 Å². The number of rotatable bonds is 4. The van der Waals surface area contributed by atoms with Gasteiger partial charge in [-0.15, -0.1) is 0 Å². The van der Waals surface area contributed by atoms with Crippen molar-refractivity contribution in [3.63, 3.8) is 0 Å². The second-order valence-corrected chi connectivity index (χ2v) is 41.3. The van der Waals surface area contributed by atoms with Crippen molar-refractivity contribution in [2.24, 2.45) is 0 Å². The number of benzene rings is 18. The molecule has 0 unspecified atom stereocenters. The van der Waals surface area contributed by atoms with Gasteiger partial charge in [0.15, 0.2) is 0 Å². The fourth-order valence-corrected chi connectivity index (χ4v) is 26.2. The van der Waals surface area contributed by atoms with Crippen LogP contribution in [0.25, 0.3) is 154 Å². The van der Waals surface area contributed by atoms with Crippen molar-refractivity contribution < 1.29 is 18.9 Å². The Hall–Kier alpha value is -15.4. The predicted molar refractivity (Wildman–Crippen MR) is 572 cm³/mol. The fraction of sp³-hybridized carbons (Fsp3) is 0.129. The zero-order valence-electron chi connectivity index (χ0n) is 79.1. The van der Waals surface area contributed by atoms with Gasteiger partial charge in [-0.3, -0.25) is 0 Å². The van der Waals surface area contributed by atoms with Crippen LogP contribution in [0.3, 0.4) is 0 Å². The number of aromatic nitrogens is 4. The Bertz CT molecular complexity index is 8960. The molecular weight excluding hydrogens is 1650 g/mol. The van der Waals surface area contributed by atoms with Crippen molar-refractivity contribution >= 4 is 180 Å². The minimum Gasteiger partial charge on any atom is -0.458 e. The maximum Gasteiger partial charge on any atom is 0.256 e. The first-order chi connectivity index (χ1) is 65.9. The maximum absolute atomic E-state index is 7.37. The van der Waals surface area contributed by atoms with Crippen LogP contribution in [0.15, 0.2) is 267 Å². The van der Waals surface area contributed by atoms with Crippen molar-refractivity contribution in [3.8, 4) is 113 Å². The summed E-state index contributed by atoms with van der Waals surface area (Å²) in [5, 5.41) is 10.3. The average molecular weight is 1750 g/mol. The highest BCUT2D eigenvalue weighted by atomic mass is 16.5. The van der Waals surface area contributed by atoms with Crippen LogP contribution in [0.4, 0.5) is 0 Å². The highest BCUT2D eigenvalue weighted by Gasteiger charge is 2.50. The van der Waals surface area contributed by atoms with Gasteiger partial charge in [0.2, 0.25) is 0 Å². The van der Waals surface area contributed by atoms with E-state index in [4.69, 9.17) is 18.9 Å². The van der Waals surface area contributed by atoms with E-state index in [-0.39, 0.29) is 26.9 Å². The molecule has 136 heavy (non-hydrogen) atoms. The lowest BCUT2D eigenvalue weighted by molar-refractivity contribution is 0.465. The van der Waals surface area contributed by atoms with Gasteiger partial charge in [-0.1, -0.05) is 200 Å². The smallest absolute Gasteiger partial charge is 0.256 e. The molecule has 12 heterocycles. The van der Waals surface area contributed by atoms with Gasteiger partial charge in [-0.25, -0.2) is 0 Å². The molecule has 0 atom stereocenters. The van der Waals surface area contributed by atoms with Crippen LogP contribution < -0.4 is 84.5 Å². The number of ether oxygens (including phenoxy) is 4. The summed E-state index contributed by atoms with van der Waals surface area (Å²) < 4.78 is 39.6. The molecule has 0 bridgehead atoms. The quantitative estimate of drug-likeness (QED) is 0.165. The van der Waals surface area contributed by atoms with E-state index in [1.807, 2.05) is 0 Å². The Labute approximate surface area is 791 Å². The molecular formula is C124H92B4N4O4. The number of fused-ring (bicyclic) bond motifs is 28. The first-order valence-corrected chi connectivity index (χ1v) is 48.2. The predicted octanol–water partition coefficient (Wildman–Crippen LogP) is 23.1. The standard InChI is InChI=1S/2C62H46B2N2O2/c1-31-9-13-41(37(7)17-31)39-25-53-59-57(27-39)67-55-30-56-48(29-47(55)63(59)49-23-35(5)21-45-43-19-33(3)11-15-51(43)65(53)61(45)49)64-50-24-36(6)22-46-44-20-34(4)12-16-52(44)66(62(46)50)54-26-40(28-58(68-56)60(54)64)42-14-10-32(2)18-38(42)8;1-31-9-13-37(7)41(17-31)39-25-53-59-57(27-39)67-55-30-56-48(29-47(55)63(59)49-23-35(5)21-45-43-19-33(3)11-15-51(43)65(53)61(45)49)64-50-24-36(6)22-46-44-20-34(4)12-16-52(44)66(62(46)50)54-26-40(28-58(68-56)60(54)64)42-18-32(2)10-14-38(42)8/h2*9-30H,1-8H3. The molecule has 30 rings (SSSR count). The monoisotopic (exact) mass is 1740 g/mol. The maximum atomic E-state index is 7.37. The molecule has 0 aliphatic carbocycles. The van der Waals surface area contributed by atoms with Gasteiger partial charge in [0.05, 0.1) is 22.1 Å². The SMILES string of the molecule is Cc1ccc(-c2cc3c4c(c2)-n2c5ccc(C)cc5c5cc(C)cc(c52)B4c2cc4c(cc2O3)Oc2cc(-c3ccc(C)cc3C)cc3c2B4c2cc(C)cc4c5cc(C)ccc5n-3c24)c(C)c1.Cc1ccc(C)c(-c2cc3c4c(c2)-n2c5ccc(C)cc5c5cc(C)cc(c52)B4c2cc4c(cc2O3)Oc2cc(-c3cc(C)ccc3C)cc3c2B4c2cc(C)cc4c5cc(C)ccc5n-3c24)c1. The molecule has 0 saturated carbocycles. The summed E-state index contributed by atoms with van der Waals surface area (Å²) in [6.07, 6.45) is 0. The van der Waals surface area contributed by atoms with Gasteiger partial charge in [-0.2, -0.15) is 0 Å². The third kappa shape index (κ3) is 10.6. The van der Waals surface area contributed by atoms with Crippen molar-refractivity contribution in [2.45, 2.75) is 111 Å². The van der Waals surface area contributed by atoms with Crippen molar-refractivity contribution in [2.75, 3.05) is 0 Å². The summed E-state index contributed by atoms with van der Waals surface area (Å²) in [4.78, 5) is 0. The minimum atomic E-state index is -0.0647. The Morgan fingerprint density at radius 3 is 0.676 bits per heavy atom. The van der Waals surface area contributed by atoms with Crippen LogP contribution in [-0.2, 0) is 0 Å². The van der Waals surface area contributed by atoms with Gasteiger partial charge in [0.1, 0.15) is 46.0 Å². The highest BCUT2D eigenvalue weighted by molar-refractivity contribution is 7.03. The van der Waals surface area contributed by atoms with E-state index in [2.05, 4.69) is 396 Å². The second kappa shape index (κ2) is 27.2. The van der Waals surface area contributed by atoms with Crippen molar-refractivity contribution in [3.05, 3.63) is 356 Å². The van der Waals surface area contributed by atoms with E-state index in [0.29, 0.717) is 0 Å². The number of hydrogen-bond acceptors (Lipinski definition) is 4. The van der Waals surface area contributed by atoms with Gasteiger partial charge in [-0.05, 0) is 364 Å². The first-order valence-electron chi connectivity index (χ1n) is 48.2. The summed E-state index contributed by atoms with van der Waals surface area (Å²) in [6, 6.07) is 103. The lowest BCUT2D eigenvalue weighted by Crippen LogP contribution is -2.62. The molecule has 22 aromatic rings.